The number of nitrogens with zero attached hydrogens (tertiary/aromatic N) is 2. The molecule has 0 amide bonds. The van der Waals surface area contributed by atoms with Gasteiger partial charge < -0.3 is 4.90 Å². The van der Waals surface area contributed by atoms with Gasteiger partial charge in [0.1, 0.15) is 0 Å². The molecule has 2 heteroatoms. The highest BCUT2D eigenvalue weighted by Gasteiger charge is 2.31. The van der Waals surface area contributed by atoms with E-state index in [0.29, 0.717) is 5.56 Å². The summed E-state index contributed by atoms with van der Waals surface area (Å²) in [5, 5.41) is 11.9. The molecule has 0 spiro atoms. The van der Waals surface area contributed by atoms with E-state index >= 15 is 0 Å². The zero-order chi connectivity index (χ0) is 28.5. The first-order valence-corrected chi connectivity index (χ1v) is 14.6. The lowest BCUT2D eigenvalue weighted by molar-refractivity contribution is 1.29. The SMILES string of the molecule is N#Cc1ccc(N(c2ccc3c(c2)-c2c4cccc2-c2cccc-3c2-c2ccccc2-4)c2cccc3ccccc23)cc1. The molecule has 0 unspecified atom stereocenters. The number of anilines is 3. The number of hydrogen-bond donors (Lipinski definition) is 0. The molecule has 0 radical (unpaired) electrons. The second kappa shape index (κ2) is 9.05. The lowest BCUT2D eigenvalue weighted by atomic mass is 9.83. The molecule has 7 aromatic carbocycles. The molecule has 0 fully saturated rings. The van der Waals surface area contributed by atoms with Crippen molar-refractivity contribution in [3.8, 4) is 61.7 Å². The van der Waals surface area contributed by atoms with Crippen molar-refractivity contribution in [2.24, 2.45) is 0 Å². The fourth-order valence-corrected chi connectivity index (χ4v) is 7.15. The van der Waals surface area contributed by atoms with Crippen molar-refractivity contribution in [1.29, 1.82) is 5.26 Å². The fourth-order valence-electron chi connectivity index (χ4n) is 7.15. The maximum absolute atomic E-state index is 9.51. The number of fused-ring (bicyclic) bond motifs is 5. The highest BCUT2D eigenvalue weighted by atomic mass is 15.1. The van der Waals surface area contributed by atoms with E-state index < -0.39 is 0 Å². The van der Waals surface area contributed by atoms with Crippen LogP contribution in [-0.4, -0.2) is 0 Å². The summed E-state index contributed by atoms with van der Waals surface area (Å²) in [6.07, 6.45) is 0. The van der Waals surface area contributed by atoms with Gasteiger partial charge in [0.15, 0.2) is 0 Å². The minimum atomic E-state index is 0.648. The molecule has 7 aromatic rings. The molecule has 0 heterocycles. The molecular weight excluding hydrogens is 520 g/mol. The molecule has 6 bridgehead atoms. The van der Waals surface area contributed by atoms with Gasteiger partial charge in [-0.3, -0.25) is 0 Å². The van der Waals surface area contributed by atoms with Crippen molar-refractivity contribution in [2.45, 2.75) is 0 Å². The number of hydrogen-bond acceptors (Lipinski definition) is 2. The van der Waals surface area contributed by atoms with Gasteiger partial charge in [0, 0.05) is 16.8 Å². The lowest BCUT2D eigenvalue weighted by Gasteiger charge is -2.28. The van der Waals surface area contributed by atoms with Gasteiger partial charge in [-0.25, -0.2) is 0 Å². The van der Waals surface area contributed by atoms with E-state index in [1.165, 1.54) is 66.4 Å². The highest BCUT2D eigenvalue weighted by Crippen LogP contribution is 2.57. The average molecular weight is 545 g/mol. The third kappa shape index (κ3) is 3.40. The molecule has 0 N–H and O–H groups in total. The maximum Gasteiger partial charge on any atom is 0.0991 e. The van der Waals surface area contributed by atoms with Crippen LogP contribution in [0, 0.1) is 11.3 Å². The van der Waals surface area contributed by atoms with Crippen molar-refractivity contribution in [2.75, 3.05) is 4.90 Å². The van der Waals surface area contributed by atoms with Crippen molar-refractivity contribution in [3.63, 3.8) is 0 Å². The van der Waals surface area contributed by atoms with Crippen LogP contribution in [0.5, 0.6) is 0 Å². The Morgan fingerprint density at radius 1 is 0.419 bits per heavy atom. The summed E-state index contributed by atoms with van der Waals surface area (Å²) < 4.78 is 0. The second-order valence-electron chi connectivity index (χ2n) is 11.2. The Labute approximate surface area is 250 Å². The van der Waals surface area contributed by atoms with Crippen LogP contribution in [0.1, 0.15) is 5.56 Å². The van der Waals surface area contributed by atoms with Gasteiger partial charge >= 0.3 is 0 Å². The van der Waals surface area contributed by atoms with Crippen molar-refractivity contribution >= 4 is 27.8 Å². The molecule has 2 aliphatic carbocycles. The van der Waals surface area contributed by atoms with Gasteiger partial charge in [-0.1, -0.05) is 103 Å². The number of nitriles is 1. The minimum absolute atomic E-state index is 0.648. The third-order valence-electron chi connectivity index (χ3n) is 8.99. The summed E-state index contributed by atoms with van der Waals surface area (Å²) in [7, 11) is 0. The van der Waals surface area contributed by atoms with Crippen LogP contribution in [-0.2, 0) is 0 Å². The van der Waals surface area contributed by atoms with Crippen molar-refractivity contribution in [1.82, 2.24) is 0 Å². The van der Waals surface area contributed by atoms with Gasteiger partial charge in [0.2, 0.25) is 0 Å². The van der Waals surface area contributed by atoms with Crippen molar-refractivity contribution < 1.29 is 0 Å². The monoisotopic (exact) mass is 544 g/mol. The molecular formula is C41H24N2. The second-order valence-corrected chi connectivity index (χ2v) is 11.2. The summed E-state index contributed by atoms with van der Waals surface area (Å²) in [5.74, 6) is 0. The highest BCUT2D eigenvalue weighted by molar-refractivity contribution is 6.15. The molecule has 198 valence electrons. The topological polar surface area (TPSA) is 27.0 Å². The zero-order valence-corrected chi connectivity index (χ0v) is 23.3. The predicted molar refractivity (Wildman–Crippen MR) is 178 cm³/mol. The molecule has 0 saturated heterocycles. The van der Waals surface area contributed by atoms with Gasteiger partial charge in [0.05, 0.1) is 17.3 Å². The first kappa shape index (κ1) is 23.8. The predicted octanol–water partition coefficient (Wildman–Crippen LogP) is 11.1. The van der Waals surface area contributed by atoms with E-state index in [9.17, 15) is 5.26 Å². The third-order valence-corrected chi connectivity index (χ3v) is 8.99. The van der Waals surface area contributed by atoms with Crippen molar-refractivity contribution in [3.05, 3.63) is 151 Å². The molecule has 43 heavy (non-hydrogen) atoms. The van der Waals surface area contributed by atoms with Crippen LogP contribution >= 0.6 is 0 Å². The molecule has 2 nitrogen and oxygen atoms in total. The van der Waals surface area contributed by atoms with E-state index in [1.54, 1.807) is 0 Å². The Kier molecular flexibility index (Phi) is 5.00. The molecule has 0 saturated carbocycles. The van der Waals surface area contributed by atoms with Gasteiger partial charge in [-0.05, 0) is 103 Å². The summed E-state index contributed by atoms with van der Waals surface area (Å²) in [6, 6.07) is 54.4. The molecule has 2 aliphatic rings. The Morgan fingerprint density at radius 3 is 1.70 bits per heavy atom. The standard InChI is InChI=1S/C41H24N2/c42-25-26-18-20-28(21-19-26)43(39-17-5-9-27-8-1-2-10-30(27)39)29-22-23-32-35-14-7-15-36-37-16-6-13-34(41(37)38(32)24-29)31-11-3-4-12-33(31)40(35)36/h1-24H. The Hall–Kier alpha value is -5.91. The molecule has 9 rings (SSSR count). The zero-order valence-electron chi connectivity index (χ0n) is 23.3. The van der Waals surface area contributed by atoms with Crippen LogP contribution < -0.4 is 4.90 Å². The Morgan fingerprint density at radius 2 is 0.953 bits per heavy atom. The summed E-state index contributed by atoms with van der Waals surface area (Å²) >= 11 is 0. The van der Waals surface area contributed by atoms with Gasteiger partial charge in [-0.15, -0.1) is 0 Å². The van der Waals surface area contributed by atoms with Gasteiger partial charge in [-0.2, -0.15) is 5.26 Å². The molecule has 0 atom stereocenters. The summed E-state index contributed by atoms with van der Waals surface area (Å²) in [5.41, 5.74) is 16.6. The summed E-state index contributed by atoms with van der Waals surface area (Å²) in [4.78, 5) is 2.33. The van der Waals surface area contributed by atoms with E-state index in [0.717, 1.165) is 17.1 Å². The fraction of sp³-hybridized carbons (Fsp3) is 0. The Balaban J connectivity index is 1.36. The molecule has 0 aliphatic heterocycles. The maximum atomic E-state index is 9.51. The van der Waals surface area contributed by atoms with E-state index in [-0.39, 0.29) is 0 Å². The van der Waals surface area contributed by atoms with Gasteiger partial charge in [0.25, 0.3) is 0 Å². The lowest BCUT2D eigenvalue weighted by Crippen LogP contribution is -2.11. The quantitative estimate of drug-likeness (QED) is 0.221. The largest absolute Gasteiger partial charge is 0.310 e. The molecule has 0 aromatic heterocycles. The first-order chi connectivity index (χ1) is 21.3. The van der Waals surface area contributed by atoms with Crippen LogP contribution in [0.2, 0.25) is 0 Å². The normalized spacial score (nSPS) is 11.7. The summed E-state index contributed by atoms with van der Waals surface area (Å²) in [6.45, 7) is 0. The number of benzene rings is 7. The average Bonchev–Trinajstić information content (AvgIpc) is 3.18. The van der Waals surface area contributed by atoms with Crippen LogP contribution in [0.15, 0.2) is 146 Å². The van der Waals surface area contributed by atoms with E-state index in [4.69, 9.17) is 0 Å². The van der Waals surface area contributed by atoms with E-state index in [2.05, 4.69) is 132 Å². The first-order valence-electron chi connectivity index (χ1n) is 14.6. The smallest absolute Gasteiger partial charge is 0.0991 e. The number of rotatable bonds is 3. The minimum Gasteiger partial charge on any atom is -0.310 e. The van der Waals surface area contributed by atoms with Crippen LogP contribution in [0.3, 0.4) is 0 Å². The van der Waals surface area contributed by atoms with E-state index in [1.807, 2.05) is 24.3 Å². The van der Waals surface area contributed by atoms with Crippen LogP contribution in [0.25, 0.3) is 66.4 Å². The Bertz CT molecular complexity index is 2280. The van der Waals surface area contributed by atoms with Crippen LogP contribution in [0.4, 0.5) is 17.1 Å².